The molecule has 0 saturated heterocycles. The number of nitriles is 1. The second kappa shape index (κ2) is 5.74. The summed E-state index contributed by atoms with van der Waals surface area (Å²) in [5.74, 6) is -1.07. The summed E-state index contributed by atoms with van der Waals surface area (Å²) in [4.78, 5) is 11.9. The maximum absolute atomic E-state index is 13.4. The van der Waals surface area contributed by atoms with Gasteiger partial charge in [-0.3, -0.25) is 4.79 Å². The summed E-state index contributed by atoms with van der Waals surface area (Å²) < 4.78 is 13.4. The van der Waals surface area contributed by atoms with Gasteiger partial charge in [-0.15, -0.1) is 0 Å². The molecule has 0 atom stereocenters. The van der Waals surface area contributed by atoms with Gasteiger partial charge in [0, 0.05) is 5.56 Å². The van der Waals surface area contributed by atoms with E-state index >= 15 is 0 Å². The van der Waals surface area contributed by atoms with Crippen LogP contribution in [0.5, 0.6) is 0 Å². The first-order chi connectivity index (χ1) is 9.22. The number of ketones is 1. The molecule has 0 amide bonds. The van der Waals surface area contributed by atoms with E-state index in [0.29, 0.717) is 0 Å². The third-order valence-corrected chi connectivity index (χ3v) is 2.62. The van der Waals surface area contributed by atoms with Gasteiger partial charge in [0.05, 0.1) is 5.56 Å². The van der Waals surface area contributed by atoms with Crippen molar-refractivity contribution in [2.75, 3.05) is 0 Å². The molecule has 0 aromatic heterocycles. The maximum Gasteiger partial charge on any atom is 0.187 e. The van der Waals surface area contributed by atoms with Crippen LogP contribution in [0.3, 0.4) is 0 Å². The zero-order valence-corrected chi connectivity index (χ0v) is 10.0. The predicted molar refractivity (Wildman–Crippen MR) is 70.9 cm³/mol. The summed E-state index contributed by atoms with van der Waals surface area (Å²) in [5.41, 5.74) is 0.727. The predicted octanol–water partition coefficient (Wildman–Crippen LogP) is 3.59. The Morgan fingerprint density at radius 3 is 2.53 bits per heavy atom. The lowest BCUT2D eigenvalue weighted by atomic mass is 10.0. The zero-order valence-electron chi connectivity index (χ0n) is 10.0. The van der Waals surface area contributed by atoms with Gasteiger partial charge in [0.2, 0.25) is 0 Å². The van der Waals surface area contributed by atoms with Crippen LogP contribution in [-0.2, 0) is 0 Å². The Bertz CT molecular complexity index is 669. The van der Waals surface area contributed by atoms with Gasteiger partial charge in [0.1, 0.15) is 11.9 Å². The molecule has 2 nitrogen and oxygen atoms in total. The summed E-state index contributed by atoms with van der Waals surface area (Å²) >= 11 is 0. The lowest BCUT2D eigenvalue weighted by Gasteiger charge is -2.00. The molecule has 92 valence electrons. The number of rotatable bonds is 3. The first-order valence-corrected chi connectivity index (χ1v) is 5.68. The Kier molecular flexibility index (Phi) is 3.84. The SMILES string of the molecule is N#Cc1c(F)cccc1C(=O)C=Cc1ccccc1. The standard InChI is InChI=1S/C16H10FNO/c17-15-8-4-7-13(14(15)11-18)16(19)10-9-12-5-2-1-3-6-12/h1-10H. The van der Waals surface area contributed by atoms with Crippen molar-refractivity contribution in [2.24, 2.45) is 0 Å². The average molecular weight is 251 g/mol. The van der Waals surface area contributed by atoms with Gasteiger partial charge in [-0.1, -0.05) is 42.5 Å². The molecule has 0 aliphatic carbocycles. The lowest BCUT2D eigenvalue weighted by Crippen LogP contribution is -2.00. The second-order valence-electron chi connectivity index (χ2n) is 3.88. The highest BCUT2D eigenvalue weighted by atomic mass is 19.1. The largest absolute Gasteiger partial charge is 0.289 e. The van der Waals surface area contributed by atoms with E-state index in [-0.39, 0.29) is 16.9 Å². The van der Waals surface area contributed by atoms with Crippen molar-refractivity contribution in [3.05, 3.63) is 77.1 Å². The van der Waals surface area contributed by atoms with Crippen LogP contribution in [0.2, 0.25) is 0 Å². The molecule has 0 aliphatic rings. The summed E-state index contributed by atoms with van der Waals surface area (Å²) in [6, 6.07) is 15.0. The second-order valence-corrected chi connectivity index (χ2v) is 3.88. The van der Waals surface area contributed by atoms with Crippen molar-refractivity contribution in [3.63, 3.8) is 0 Å². The number of benzene rings is 2. The molecule has 19 heavy (non-hydrogen) atoms. The van der Waals surface area contributed by atoms with Crippen LogP contribution in [0.1, 0.15) is 21.5 Å². The molecule has 0 fully saturated rings. The van der Waals surface area contributed by atoms with Gasteiger partial charge < -0.3 is 0 Å². The maximum atomic E-state index is 13.4. The molecule has 2 aromatic rings. The van der Waals surface area contributed by atoms with Crippen molar-refractivity contribution in [1.82, 2.24) is 0 Å². The smallest absolute Gasteiger partial charge is 0.187 e. The fraction of sp³-hybridized carbons (Fsp3) is 0. The number of allylic oxidation sites excluding steroid dienone is 1. The Labute approximate surface area is 110 Å². The number of hydrogen-bond donors (Lipinski definition) is 0. The number of nitrogens with zero attached hydrogens (tertiary/aromatic N) is 1. The molecular weight excluding hydrogens is 241 g/mol. The molecule has 0 radical (unpaired) electrons. The van der Waals surface area contributed by atoms with Crippen LogP contribution in [-0.4, -0.2) is 5.78 Å². The minimum Gasteiger partial charge on any atom is -0.289 e. The van der Waals surface area contributed by atoms with Crippen LogP contribution in [0, 0.1) is 17.1 Å². The van der Waals surface area contributed by atoms with Crippen LogP contribution in [0.4, 0.5) is 4.39 Å². The highest BCUT2D eigenvalue weighted by Crippen LogP contribution is 2.14. The third kappa shape index (κ3) is 2.93. The van der Waals surface area contributed by atoms with E-state index in [2.05, 4.69) is 0 Å². The molecule has 2 aromatic carbocycles. The van der Waals surface area contributed by atoms with E-state index < -0.39 is 5.82 Å². The highest BCUT2D eigenvalue weighted by Gasteiger charge is 2.12. The molecular formula is C16H10FNO. The van der Waals surface area contributed by atoms with E-state index in [1.807, 2.05) is 30.3 Å². The van der Waals surface area contributed by atoms with Crippen LogP contribution >= 0.6 is 0 Å². The van der Waals surface area contributed by atoms with Crippen LogP contribution in [0.25, 0.3) is 6.08 Å². The highest BCUT2D eigenvalue weighted by molar-refractivity contribution is 6.08. The first kappa shape index (κ1) is 12.7. The molecule has 0 heterocycles. The normalized spacial score (nSPS) is 10.3. The van der Waals surface area contributed by atoms with E-state index in [1.54, 1.807) is 12.1 Å². The minimum absolute atomic E-state index is 0.0784. The monoisotopic (exact) mass is 251 g/mol. The fourth-order valence-corrected chi connectivity index (χ4v) is 1.67. The van der Waals surface area contributed by atoms with Crippen molar-refractivity contribution >= 4 is 11.9 Å². The molecule has 3 heteroatoms. The summed E-state index contributed by atoms with van der Waals surface area (Å²) in [6.45, 7) is 0. The number of carbonyl (C=O) groups is 1. The van der Waals surface area contributed by atoms with Gasteiger partial charge in [-0.25, -0.2) is 4.39 Å². The van der Waals surface area contributed by atoms with Crippen LogP contribution < -0.4 is 0 Å². The molecule has 0 unspecified atom stereocenters. The lowest BCUT2D eigenvalue weighted by molar-refractivity contribution is 0.104. The van der Waals surface area contributed by atoms with E-state index in [4.69, 9.17) is 5.26 Å². The quantitative estimate of drug-likeness (QED) is 0.617. The molecule has 0 saturated carbocycles. The molecule has 0 bridgehead atoms. The molecule has 0 N–H and O–H groups in total. The molecule has 0 spiro atoms. The summed E-state index contributed by atoms with van der Waals surface area (Å²) in [6.07, 6.45) is 2.97. The Balaban J connectivity index is 2.29. The van der Waals surface area contributed by atoms with Gasteiger partial charge >= 0.3 is 0 Å². The average Bonchev–Trinajstić information content (AvgIpc) is 2.45. The van der Waals surface area contributed by atoms with Gasteiger partial charge in [-0.2, -0.15) is 5.26 Å². The van der Waals surface area contributed by atoms with Crippen molar-refractivity contribution in [3.8, 4) is 6.07 Å². The summed E-state index contributed by atoms with van der Waals surface area (Å²) in [7, 11) is 0. The first-order valence-electron chi connectivity index (χ1n) is 5.68. The zero-order chi connectivity index (χ0) is 13.7. The van der Waals surface area contributed by atoms with Crippen molar-refractivity contribution in [2.45, 2.75) is 0 Å². The number of halogens is 1. The fourth-order valence-electron chi connectivity index (χ4n) is 1.67. The minimum atomic E-state index is -0.679. The van der Waals surface area contributed by atoms with Gasteiger partial charge in [0.25, 0.3) is 0 Å². The Morgan fingerprint density at radius 2 is 1.84 bits per heavy atom. The number of hydrogen-bond acceptors (Lipinski definition) is 2. The van der Waals surface area contributed by atoms with Gasteiger partial charge in [-0.05, 0) is 23.8 Å². The van der Waals surface area contributed by atoms with Crippen LogP contribution in [0.15, 0.2) is 54.6 Å². The Hall–Kier alpha value is -2.73. The Morgan fingerprint density at radius 1 is 1.11 bits per heavy atom. The third-order valence-electron chi connectivity index (χ3n) is 2.62. The van der Waals surface area contributed by atoms with E-state index in [1.165, 1.54) is 18.2 Å². The molecule has 0 aliphatic heterocycles. The number of carbonyl (C=O) groups excluding carboxylic acids is 1. The van der Waals surface area contributed by atoms with Crippen molar-refractivity contribution in [1.29, 1.82) is 5.26 Å². The van der Waals surface area contributed by atoms with E-state index in [9.17, 15) is 9.18 Å². The van der Waals surface area contributed by atoms with E-state index in [0.717, 1.165) is 11.6 Å². The summed E-state index contributed by atoms with van der Waals surface area (Å²) in [5, 5.41) is 8.87. The van der Waals surface area contributed by atoms with Gasteiger partial charge in [0.15, 0.2) is 5.78 Å². The van der Waals surface area contributed by atoms with Crippen molar-refractivity contribution < 1.29 is 9.18 Å². The topological polar surface area (TPSA) is 40.9 Å². The molecule has 2 rings (SSSR count).